The Labute approximate surface area is 122 Å². The third-order valence-corrected chi connectivity index (χ3v) is 4.14. The summed E-state index contributed by atoms with van der Waals surface area (Å²) in [7, 11) is -3.78. The monoisotopic (exact) mass is 309 g/mol. The maximum absolute atomic E-state index is 12.2. The van der Waals surface area contributed by atoms with Crippen LogP contribution in [0.4, 0.5) is 5.69 Å². The lowest BCUT2D eigenvalue weighted by atomic mass is 10.1. The second kappa shape index (κ2) is 5.96. The molecule has 0 unspecified atom stereocenters. The molecule has 112 valence electrons. The number of aryl methyl sites for hydroxylation is 1. The summed E-state index contributed by atoms with van der Waals surface area (Å²) in [5, 5.41) is 12.4. The van der Waals surface area contributed by atoms with Crippen LogP contribution in [0.1, 0.15) is 12.5 Å². The van der Waals surface area contributed by atoms with Gasteiger partial charge >= 0.3 is 5.97 Å². The van der Waals surface area contributed by atoms with Crippen molar-refractivity contribution in [3.63, 3.8) is 0 Å². The van der Waals surface area contributed by atoms with Crippen LogP contribution in [0.3, 0.4) is 0 Å². The molecule has 2 N–H and O–H groups in total. The van der Waals surface area contributed by atoms with E-state index in [2.05, 4.69) is 9.82 Å². The average Bonchev–Trinajstić information content (AvgIpc) is 2.87. The molecule has 1 aromatic carbocycles. The van der Waals surface area contributed by atoms with Gasteiger partial charge in [0.15, 0.2) is 0 Å². The molecule has 0 bridgehead atoms. The van der Waals surface area contributed by atoms with Gasteiger partial charge in [-0.25, -0.2) is 8.42 Å². The number of hydrogen-bond donors (Lipinski definition) is 2. The zero-order valence-corrected chi connectivity index (χ0v) is 12.2. The van der Waals surface area contributed by atoms with Crippen LogP contribution in [0.25, 0.3) is 0 Å². The molecule has 0 radical (unpaired) electrons. The summed E-state index contributed by atoms with van der Waals surface area (Å²) in [6.45, 7) is 1.59. The Morgan fingerprint density at radius 2 is 2.19 bits per heavy atom. The van der Waals surface area contributed by atoms with Crippen LogP contribution in [0.15, 0.2) is 41.6 Å². The van der Waals surface area contributed by atoms with Gasteiger partial charge in [-0.3, -0.25) is 14.2 Å². The molecule has 1 heterocycles. The lowest BCUT2D eigenvalue weighted by molar-refractivity contribution is -0.137. The normalized spacial score (nSPS) is 11.3. The van der Waals surface area contributed by atoms with Crippen molar-refractivity contribution in [2.24, 2.45) is 0 Å². The van der Waals surface area contributed by atoms with Gasteiger partial charge in [0.25, 0.3) is 10.0 Å². The maximum Gasteiger partial charge on any atom is 0.325 e. The van der Waals surface area contributed by atoms with Crippen molar-refractivity contribution in [2.75, 3.05) is 4.72 Å². The van der Waals surface area contributed by atoms with Gasteiger partial charge in [-0.2, -0.15) is 5.10 Å². The number of carbonyl (C=O) groups is 1. The summed E-state index contributed by atoms with van der Waals surface area (Å²) in [6, 6.07) is 7.07. The summed E-state index contributed by atoms with van der Waals surface area (Å²) in [5.41, 5.74) is 1.47. The van der Waals surface area contributed by atoms with Gasteiger partial charge in [0.1, 0.15) is 11.4 Å². The van der Waals surface area contributed by atoms with Gasteiger partial charge in [-0.1, -0.05) is 19.1 Å². The van der Waals surface area contributed by atoms with Crippen molar-refractivity contribution in [3.05, 3.63) is 42.2 Å². The third-order valence-electron chi connectivity index (χ3n) is 2.80. The van der Waals surface area contributed by atoms with E-state index in [4.69, 9.17) is 5.11 Å². The minimum atomic E-state index is -3.78. The van der Waals surface area contributed by atoms with Crippen molar-refractivity contribution >= 4 is 21.7 Å². The number of carboxylic acids is 1. The Kier molecular flexibility index (Phi) is 4.27. The van der Waals surface area contributed by atoms with Crippen LogP contribution >= 0.6 is 0 Å². The quantitative estimate of drug-likeness (QED) is 0.838. The number of aliphatic carboxylic acids is 1. The molecule has 2 aromatic rings. The second-order valence-corrected chi connectivity index (χ2v) is 6.11. The lowest BCUT2D eigenvalue weighted by Gasteiger charge is -2.07. The average molecular weight is 309 g/mol. The summed E-state index contributed by atoms with van der Waals surface area (Å²) in [6.07, 6.45) is 3.10. The van der Waals surface area contributed by atoms with E-state index in [-0.39, 0.29) is 11.4 Å². The Hall–Kier alpha value is -2.35. The summed E-state index contributed by atoms with van der Waals surface area (Å²) in [4.78, 5) is 10.5. The molecule has 0 saturated heterocycles. The van der Waals surface area contributed by atoms with E-state index in [1.807, 2.05) is 13.0 Å². The predicted molar refractivity (Wildman–Crippen MR) is 76.5 cm³/mol. The highest BCUT2D eigenvalue weighted by Gasteiger charge is 2.17. The summed E-state index contributed by atoms with van der Waals surface area (Å²) >= 11 is 0. The van der Waals surface area contributed by atoms with E-state index in [1.165, 1.54) is 6.20 Å². The molecule has 1 aromatic heterocycles. The second-order valence-electron chi connectivity index (χ2n) is 4.43. The third kappa shape index (κ3) is 3.82. The molecule has 7 nitrogen and oxygen atoms in total. The van der Waals surface area contributed by atoms with Crippen LogP contribution in [-0.2, 0) is 27.8 Å². The first-order valence-corrected chi connectivity index (χ1v) is 7.75. The van der Waals surface area contributed by atoms with Crippen molar-refractivity contribution in [2.45, 2.75) is 24.8 Å². The highest BCUT2D eigenvalue weighted by atomic mass is 32.2. The van der Waals surface area contributed by atoms with Crippen molar-refractivity contribution in [1.29, 1.82) is 0 Å². The van der Waals surface area contributed by atoms with Gasteiger partial charge in [0.05, 0.1) is 6.20 Å². The molecule has 0 atom stereocenters. The smallest absolute Gasteiger partial charge is 0.325 e. The predicted octanol–water partition coefficient (Wildman–Crippen LogP) is 1.33. The van der Waals surface area contributed by atoms with E-state index in [9.17, 15) is 13.2 Å². The topological polar surface area (TPSA) is 101 Å². The first kappa shape index (κ1) is 15.0. The van der Waals surface area contributed by atoms with Crippen LogP contribution in [0.2, 0.25) is 0 Å². The number of sulfonamides is 1. The molecular weight excluding hydrogens is 294 g/mol. The number of carboxylic acid groups (broad SMARTS) is 1. The van der Waals surface area contributed by atoms with Gasteiger partial charge in [-0.15, -0.1) is 0 Å². The Bertz CT molecular complexity index is 752. The fourth-order valence-electron chi connectivity index (χ4n) is 1.78. The molecule has 0 saturated carbocycles. The SMILES string of the molecule is CCc1cccc(NS(=O)(=O)c2cnn(CC(=O)O)c2)c1. The molecular formula is C13H15N3O4S. The number of hydrogen-bond acceptors (Lipinski definition) is 4. The Morgan fingerprint density at radius 3 is 2.86 bits per heavy atom. The van der Waals surface area contributed by atoms with Crippen LogP contribution in [0.5, 0.6) is 0 Å². The zero-order valence-electron chi connectivity index (χ0n) is 11.4. The summed E-state index contributed by atoms with van der Waals surface area (Å²) < 4.78 is 27.9. The highest BCUT2D eigenvalue weighted by Crippen LogP contribution is 2.17. The minimum Gasteiger partial charge on any atom is -0.480 e. The van der Waals surface area contributed by atoms with E-state index in [0.717, 1.165) is 22.9 Å². The van der Waals surface area contributed by atoms with E-state index in [1.54, 1.807) is 18.2 Å². The lowest BCUT2D eigenvalue weighted by Crippen LogP contribution is -2.13. The Morgan fingerprint density at radius 1 is 1.43 bits per heavy atom. The van der Waals surface area contributed by atoms with E-state index in [0.29, 0.717) is 5.69 Å². The highest BCUT2D eigenvalue weighted by molar-refractivity contribution is 7.92. The number of benzene rings is 1. The van der Waals surface area contributed by atoms with Gasteiger partial charge in [-0.05, 0) is 24.1 Å². The zero-order chi connectivity index (χ0) is 15.5. The molecule has 21 heavy (non-hydrogen) atoms. The molecule has 0 spiro atoms. The van der Waals surface area contributed by atoms with Crippen LogP contribution < -0.4 is 4.72 Å². The fourth-order valence-corrected chi connectivity index (χ4v) is 2.78. The van der Waals surface area contributed by atoms with E-state index >= 15 is 0 Å². The van der Waals surface area contributed by atoms with Gasteiger partial charge < -0.3 is 5.11 Å². The minimum absolute atomic E-state index is 0.0781. The molecule has 8 heteroatoms. The van der Waals surface area contributed by atoms with Crippen molar-refractivity contribution < 1.29 is 18.3 Å². The number of rotatable bonds is 6. The van der Waals surface area contributed by atoms with Crippen LogP contribution in [-0.4, -0.2) is 29.3 Å². The first-order chi connectivity index (χ1) is 9.90. The molecule has 0 aliphatic heterocycles. The fraction of sp³-hybridized carbons (Fsp3) is 0.231. The standard InChI is InChI=1S/C13H15N3O4S/c1-2-10-4-3-5-11(6-10)15-21(19,20)12-7-14-16(8-12)9-13(17)18/h3-8,15H,2,9H2,1H3,(H,17,18). The van der Waals surface area contributed by atoms with Crippen molar-refractivity contribution in [1.82, 2.24) is 9.78 Å². The molecule has 0 aliphatic rings. The summed E-state index contributed by atoms with van der Waals surface area (Å²) in [5.74, 6) is -1.09. The largest absolute Gasteiger partial charge is 0.480 e. The van der Waals surface area contributed by atoms with Crippen molar-refractivity contribution in [3.8, 4) is 0 Å². The molecule has 0 aliphatic carbocycles. The number of anilines is 1. The molecule has 0 amide bonds. The van der Waals surface area contributed by atoms with Gasteiger partial charge in [0.2, 0.25) is 0 Å². The Balaban J connectivity index is 2.21. The molecule has 2 rings (SSSR count). The number of aromatic nitrogens is 2. The van der Waals surface area contributed by atoms with E-state index < -0.39 is 16.0 Å². The maximum atomic E-state index is 12.2. The van der Waals surface area contributed by atoms with Crippen LogP contribution in [0, 0.1) is 0 Å². The first-order valence-electron chi connectivity index (χ1n) is 6.26. The number of nitrogens with zero attached hydrogens (tertiary/aromatic N) is 2. The number of nitrogens with one attached hydrogen (secondary N) is 1. The van der Waals surface area contributed by atoms with Gasteiger partial charge in [0, 0.05) is 11.9 Å². The molecule has 0 fully saturated rings.